The molecule has 104 valence electrons. The molecule has 0 saturated heterocycles. The van der Waals surface area contributed by atoms with Crippen LogP contribution in [0.3, 0.4) is 0 Å². The van der Waals surface area contributed by atoms with Crippen molar-refractivity contribution >= 4 is 28.2 Å². The van der Waals surface area contributed by atoms with E-state index >= 15 is 0 Å². The second-order valence-corrected chi connectivity index (χ2v) is 4.74. The minimum Gasteiger partial charge on any atom is -0.478 e. The van der Waals surface area contributed by atoms with Gasteiger partial charge in [-0.1, -0.05) is 24.3 Å². The molecule has 0 amide bonds. The van der Waals surface area contributed by atoms with Crippen LogP contribution in [0.4, 0.5) is 11.4 Å². The lowest BCUT2D eigenvalue weighted by Gasteiger charge is -2.10. The average Bonchev–Trinajstić information content (AvgIpc) is 2.49. The highest BCUT2D eigenvalue weighted by atomic mass is 16.4. The number of hydrogen-bond donors (Lipinski definition) is 2. The SMILES string of the molecule is Cc1ccc(Nc2cnnc3ccccc23)cc1C(=O)O. The zero-order chi connectivity index (χ0) is 14.8. The number of carboxylic acid groups (broad SMARTS) is 1. The van der Waals surface area contributed by atoms with Gasteiger partial charge in [0.15, 0.2) is 0 Å². The van der Waals surface area contributed by atoms with Crippen molar-refractivity contribution in [1.82, 2.24) is 10.2 Å². The van der Waals surface area contributed by atoms with Crippen molar-refractivity contribution < 1.29 is 9.90 Å². The number of benzene rings is 2. The zero-order valence-corrected chi connectivity index (χ0v) is 11.4. The van der Waals surface area contributed by atoms with E-state index < -0.39 is 5.97 Å². The van der Waals surface area contributed by atoms with E-state index in [2.05, 4.69) is 15.5 Å². The first-order chi connectivity index (χ1) is 10.1. The fraction of sp³-hybridized carbons (Fsp3) is 0.0625. The minimum absolute atomic E-state index is 0.284. The summed E-state index contributed by atoms with van der Waals surface area (Å²) in [6, 6.07) is 12.9. The highest BCUT2D eigenvalue weighted by molar-refractivity contribution is 5.94. The van der Waals surface area contributed by atoms with Gasteiger partial charge in [0.1, 0.15) is 0 Å². The Hall–Kier alpha value is -2.95. The van der Waals surface area contributed by atoms with E-state index in [0.717, 1.165) is 22.2 Å². The van der Waals surface area contributed by atoms with Crippen molar-refractivity contribution in [2.24, 2.45) is 0 Å². The van der Waals surface area contributed by atoms with E-state index in [4.69, 9.17) is 0 Å². The van der Waals surface area contributed by atoms with E-state index in [1.54, 1.807) is 25.3 Å². The standard InChI is InChI=1S/C16H13N3O2/c1-10-6-7-11(8-13(10)16(20)21)18-15-9-17-19-14-5-3-2-4-12(14)15/h2-9H,1H3,(H,18,19)(H,20,21). The number of hydrogen-bond acceptors (Lipinski definition) is 4. The van der Waals surface area contributed by atoms with Crippen LogP contribution in [0.25, 0.3) is 10.9 Å². The summed E-state index contributed by atoms with van der Waals surface area (Å²) in [6.07, 6.45) is 1.63. The van der Waals surface area contributed by atoms with Gasteiger partial charge >= 0.3 is 5.97 Å². The zero-order valence-electron chi connectivity index (χ0n) is 11.4. The lowest BCUT2D eigenvalue weighted by molar-refractivity contribution is 0.0696. The largest absolute Gasteiger partial charge is 0.478 e. The third-order valence-electron chi connectivity index (χ3n) is 3.29. The van der Waals surface area contributed by atoms with Gasteiger partial charge in [0, 0.05) is 11.1 Å². The summed E-state index contributed by atoms with van der Waals surface area (Å²) in [5, 5.41) is 21.3. The Kier molecular flexibility index (Phi) is 3.23. The molecule has 0 bridgehead atoms. The third-order valence-corrected chi connectivity index (χ3v) is 3.29. The van der Waals surface area contributed by atoms with Gasteiger partial charge in [-0.15, -0.1) is 0 Å². The summed E-state index contributed by atoms with van der Waals surface area (Å²) in [5.41, 5.74) is 3.29. The first-order valence-electron chi connectivity index (χ1n) is 6.46. The first kappa shape index (κ1) is 13.1. The van der Waals surface area contributed by atoms with Gasteiger partial charge in [0.05, 0.1) is 23.0 Å². The normalized spacial score (nSPS) is 10.5. The lowest BCUT2D eigenvalue weighted by atomic mass is 10.1. The molecule has 0 aliphatic heterocycles. The van der Waals surface area contributed by atoms with Gasteiger partial charge in [0.2, 0.25) is 0 Å². The summed E-state index contributed by atoms with van der Waals surface area (Å²) in [7, 11) is 0. The molecule has 0 radical (unpaired) electrons. The predicted molar refractivity (Wildman–Crippen MR) is 81.0 cm³/mol. The number of aryl methyl sites for hydroxylation is 1. The summed E-state index contributed by atoms with van der Waals surface area (Å²) in [4.78, 5) is 11.2. The molecule has 2 aromatic carbocycles. The van der Waals surface area contributed by atoms with Crippen molar-refractivity contribution in [1.29, 1.82) is 0 Å². The first-order valence-corrected chi connectivity index (χ1v) is 6.46. The van der Waals surface area contributed by atoms with E-state index in [9.17, 15) is 9.90 Å². The van der Waals surface area contributed by atoms with E-state index in [0.29, 0.717) is 5.69 Å². The molecule has 1 heterocycles. The number of fused-ring (bicyclic) bond motifs is 1. The molecular formula is C16H13N3O2. The van der Waals surface area contributed by atoms with Crippen LogP contribution < -0.4 is 5.32 Å². The second kappa shape index (κ2) is 5.20. The maximum Gasteiger partial charge on any atom is 0.336 e. The fourth-order valence-electron chi connectivity index (χ4n) is 2.19. The van der Waals surface area contributed by atoms with Crippen LogP contribution in [-0.4, -0.2) is 21.3 Å². The van der Waals surface area contributed by atoms with Gasteiger partial charge in [0.25, 0.3) is 0 Å². The van der Waals surface area contributed by atoms with Gasteiger partial charge in [-0.25, -0.2) is 4.79 Å². The van der Waals surface area contributed by atoms with Gasteiger partial charge in [-0.05, 0) is 30.7 Å². The topological polar surface area (TPSA) is 75.1 Å². The van der Waals surface area contributed by atoms with Crippen LogP contribution in [0, 0.1) is 6.92 Å². The monoisotopic (exact) mass is 279 g/mol. The average molecular weight is 279 g/mol. The van der Waals surface area contributed by atoms with Crippen LogP contribution in [0.15, 0.2) is 48.7 Å². The van der Waals surface area contributed by atoms with E-state index in [1.807, 2.05) is 30.3 Å². The molecule has 5 heteroatoms. The van der Waals surface area contributed by atoms with Crippen LogP contribution in [0.1, 0.15) is 15.9 Å². The lowest BCUT2D eigenvalue weighted by Crippen LogP contribution is -2.01. The number of aromatic nitrogens is 2. The van der Waals surface area contributed by atoms with Crippen molar-refractivity contribution in [3.8, 4) is 0 Å². The molecule has 0 atom stereocenters. The van der Waals surface area contributed by atoms with Crippen molar-refractivity contribution in [2.45, 2.75) is 6.92 Å². The van der Waals surface area contributed by atoms with Gasteiger partial charge in [-0.3, -0.25) is 0 Å². The van der Waals surface area contributed by atoms with Crippen LogP contribution in [-0.2, 0) is 0 Å². The Balaban J connectivity index is 2.03. The van der Waals surface area contributed by atoms with E-state index in [-0.39, 0.29) is 5.56 Å². The number of aromatic carboxylic acids is 1. The molecule has 5 nitrogen and oxygen atoms in total. The highest BCUT2D eigenvalue weighted by Gasteiger charge is 2.09. The number of nitrogens with one attached hydrogen (secondary N) is 1. The van der Waals surface area contributed by atoms with Gasteiger partial charge < -0.3 is 10.4 Å². The summed E-state index contributed by atoms with van der Waals surface area (Å²) in [6.45, 7) is 1.77. The Labute approximate surface area is 121 Å². The Morgan fingerprint density at radius 3 is 2.81 bits per heavy atom. The van der Waals surface area contributed by atoms with Gasteiger partial charge in [-0.2, -0.15) is 10.2 Å². The van der Waals surface area contributed by atoms with Crippen molar-refractivity contribution in [3.05, 3.63) is 59.8 Å². The number of carbonyl (C=O) groups is 1. The number of carboxylic acids is 1. The number of nitrogens with zero attached hydrogens (tertiary/aromatic N) is 2. The molecule has 1 aromatic heterocycles. The van der Waals surface area contributed by atoms with Crippen molar-refractivity contribution in [2.75, 3.05) is 5.32 Å². The number of rotatable bonds is 3. The smallest absolute Gasteiger partial charge is 0.336 e. The molecule has 2 N–H and O–H groups in total. The Bertz CT molecular complexity index is 825. The maximum atomic E-state index is 11.2. The summed E-state index contributed by atoms with van der Waals surface area (Å²) < 4.78 is 0. The molecule has 0 aliphatic carbocycles. The second-order valence-electron chi connectivity index (χ2n) is 4.74. The Morgan fingerprint density at radius 2 is 2.00 bits per heavy atom. The Morgan fingerprint density at radius 1 is 1.19 bits per heavy atom. The van der Waals surface area contributed by atoms with Crippen LogP contribution in [0.2, 0.25) is 0 Å². The van der Waals surface area contributed by atoms with Crippen LogP contribution in [0.5, 0.6) is 0 Å². The molecule has 3 aromatic rings. The quantitative estimate of drug-likeness (QED) is 0.768. The summed E-state index contributed by atoms with van der Waals surface area (Å²) in [5.74, 6) is -0.936. The van der Waals surface area contributed by atoms with Crippen molar-refractivity contribution in [3.63, 3.8) is 0 Å². The van der Waals surface area contributed by atoms with E-state index in [1.165, 1.54) is 0 Å². The molecule has 21 heavy (non-hydrogen) atoms. The number of anilines is 2. The highest BCUT2D eigenvalue weighted by Crippen LogP contribution is 2.25. The molecule has 0 aliphatic rings. The minimum atomic E-state index is -0.936. The van der Waals surface area contributed by atoms with Crippen LogP contribution >= 0.6 is 0 Å². The maximum absolute atomic E-state index is 11.2. The molecule has 0 unspecified atom stereocenters. The molecule has 3 rings (SSSR count). The summed E-state index contributed by atoms with van der Waals surface area (Å²) >= 11 is 0. The molecule has 0 fully saturated rings. The predicted octanol–water partition coefficient (Wildman–Crippen LogP) is 3.38. The fourth-order valence-corrected chi connectivity index (χ4v) is 2.19. The third kappa shape index (κ3) is 2.53. The molecule has 0 saturated carbocycles. The molecule has 0 spiro atoms. The molecular weight excluding hydrogens is 266 g/mol.